The monoisotopic (exact) mass is 237 g/mol. The van der Waals surface area contributed by atoms with E-state index < -0.39 is 5.97 Å². The van der Waals surface area contributed by atoms with Gasteiger partial charge in [-0.2, -0.15) is 0 Å². The molecule has 0 atom stereocenters. The fraction of sp³-hybridized carbons (Fsp3) is 0.333. The summed E-state index contributed by atoms with van der Waals surface area (Å²) in [6.07, 6.45) is 1.57. The number of amides is 1. The van der Waals surface area contributed by atoms with Gasteiger partial charge in [0.15, 0.2) is 0 Å². The number of aromatic hydroxyl groups is 1. The summed E-state index contributed by atoms with van der Waals surface area (Å²) in [6.45, 7) is 1.88. The summed E-state index contributed by atoms with van der Waals surface area (Å²) in [7, 11) is 0. The summed E-state index contributed by atoms with van der Waals surface area (Å²) in [5.41, 5.74) is 0.875. The number of anilines is 1. The number of carboxylic acid groups (broad SMARTS) is 1. The third kappa shape index (κ3) is 4.14. The van der Waals surface area contributed by atoms with Crippen molar-refractivity contribution in [2.45, 2.75) is 19.8 Å². The number of benzene rings is 1. The van der Waals surface area contributed by atoms with Crippen LogP contribution in [0.2, 0.25) is 0 Å². The number of carbonyl (C=O) groups excluding carboxylic acids is 1. The van der Waals surface area contributed by atoms with Crippen LogP contribution < -0.4 is 4.90 Å². The first-order valence-electron chi connectivity index (χ1n) is 5.29. The summed E-state index contributed by atoms with van der Waals surface area (Å²) in [4.78, 5) is 22.1. The fourth-order valence-electron chi connectivity index (χ4n) is 1.55. The van der Waals surface area contributed by atoms with E-state index in [9.17, 15) is 4.79 Å². The lowest BCUT2D eigenvalue weighted by atomic mass is 10.3. The first-order chi connectivity index (χ1) is 8.00. The average molecular weight is 237 g/mol. The molecule has 1 aromatic carbocycles. The second-order valence-corrected chi connectivity index (χ2v) is 3.68. The SMILES string of the molecule is CC(=O)O.O=C1CCCN1c1ccc(O)cc1. The minimum absolute atomic E-state index is 0.172. The summed E-state index contributed by atoms with van der Waals surface area (Å²) in [5.74, 6) is -0.430. The highest BCUT2D eigenvalue weighted by atomic mass is 16.4. The van der Waals surface area contributed by atoms with Crippen LogP contribution in [0.15, 0.2) is 24.3 Å². The van der Waals surface area contributed by atoms with Crippen molar-refractivity contribution < 1.29 is 19.8 Å². The molecule has 0 unspecified atom stereocenters. The molecule has 5 heteroatoms. The maximum absolute atomic E-state index is 11.3. The molecule has 1 heterocycles. The predicted octanol–water partition coefficient (Wildman–Crippen LogP) is 1.61. The molecule has 0 aromatic heterocycles. The Labute approximate surface area is 99.3 Å². The first kappa shape index (κ1) is 13.0. The van der Waals surface area contributed by atoms with Crippen LogP contribution in [-0.4, -0.2) is 28.6 Å². The van der Waals surface area contributed by atoms with Gasteiger partial charge in [-0.25, -0.2) is 0 Å². The van der Waals surface area contributed by atoms with Crippen molar-refractivity contribution in [2.75, 3.05) is 11.4 Å². The van der Waals surface area contributed by atoms with Crippen LogP contribution in [0.25, 0.3) is 0 Å². The Morgan fingerprint density at radius 2 is 1.82 bits per heavy atom. The van der Waals surface area contributed by atoms with E-state index in [0.29, 0.717) is 6.42 Å². The fourth-order valence-corrected chi connectivity index (χ4v) is 1.55. The second-order valence-electron chi connectivity index (χ2n) is 3.68. The second kappa shape index (κ2) is 5.89. The molecule has 1 fully saturated rings. The molecule has 0 radical (unpaired) electrons. The van der Waals surface area contributed by atoms with E-state index in [1.54, 1.807) is 29.2 Å². The Balaban J connectivity index is 0.000000317. The van der Waals surface area contributed by atoms with Crippen molar-refractivity contribution in [1.29, 1.82) is 0 Å². The largest absolute Gasteiger partial charge is 0.508 e. The highest BCUT2D eigenvalue weighted by Gasteiger charge is 2.21. The molecule has 1 aliphatic rings. The first-order valence-corrected chi connectivity index (χ1v) is 5.29. The molecule has 5 nitrogen and oxygen atoms in total. The Bertz CT molecular complexity index is 395. The quantitative estimate of drug-likeness (QED) is 0.777. The number of nitrogens with zero attached hydrogens (tertiary/aromatic N) is 1. The molecular formula is C12H15NO4. The average Bonchev–Trinajstić information content (AvgIpc) is 2.65. The predicted molar refractivity (Wildman–Crippen MR) is 63.0 cm³/mol. The van der Waals surface area contributed by atoms with Crippen LogP contribution in [-0.2, 0) is 9.59 Å². The minimum Gasteiger partial charge on any atom is -0.508 e. The Kier molecular flexibility index (Phi) is 4.51. The van der Waals surface area contributed by atoms with E-state index in [1.165, 1.54) is 0 Å². The molecule has 1 aliphatic heterocycles. The molecule has 92 valence electrons. The number of aliphatic carboxylic acids is 1. The standard InChI is InChI=1S/C10H11NO2.C2H4O2/c12-9-5-3-8(4-6-9)11-7-1-2-10(11)13;1-2(3)4/h3-6,12H,1-2,7H2;1H3,(H,3,4). The van der Waals surface area contributed by atoms with Gasteiger partial charge >= 0.3 is 0 Å². The van der Waals surface area contributed by atoms with Crippen LogP contribution >= 0.6 is 0 Å². The van der Waals surface area contributed by atoms with Gasteiger partial charge in [-0.15, -0.1) is 0 Å². The van der Waals surface area contributed by atoms with Gasteiger partial charge in [0.05, 0.1) is 0 Å². The summed E-state index contributed by atoms with van der Waals surface area (Å²) >= 11 is 0. The topological polar surface area (TPSA) is 77.8 Å². The minimum atomic E-state index is -0.833. The lowest BCUT2D eigenvalue weighted by Gasteiger charge is -2.14. The molecule has 17 heavy (non-hydrogen) atoms. The van der Waals surface area contributed by atoms with Crippen LogP contribution in [0.5, 0.6) is 5.75 Å². The van der Waals surface area contributed by atoms with E-state index in [0.717, 1.165) is 25.6 Å². The van der Waals surface area contributed by atoms with Gasteiger partial charge < -0.3 is 15.1 Å². The van der Waals surface area contributed by atoms with E-state index in [-0.39, 0.29) is 11.7 Å². The zero-order valence-corrected chi connectivity index (χ0v) is 9.59. The van der Waals surface area contributed by atoms with Crippen molar-refractivity contribution in [1.82, 2.24) is 0 Å². The normalized spacial score (nSPS) is 14.2. The molecule has 0 aliphatic carbocycles. The Hall–Kier alpha value is -2.04. The molecule has 2 N–H and O–H groups in total. The van der Waals surface area contributed by atoms with Crippen LogP contribution in [0.3, 0.4) is 0 Å². The maximum atomic E-state index is 11.3. The van der Waals surface area contributed by atoms with Crippen molar-refractivity contribution in [3.8, 4) is 5.75 Å². The number of carboxylic acids is 1. The van der Waals surface area contributed by atoms with E-state index in [2.05, 4.69) is 0 Å². The van der Waals surface area contributed by atoms with E-state index in [4.69, 9.17) is 15.0 Å². The molecule has 0 bridgehead atoms. The Morgan fingerprint density at radius 1 is 1.29 bits per heavy atom. The molecule has 0 spiro atoms. The van der Waals surface area contributed by atoms with E-state index in [1.807, 2.05) is 0 Å². The lowest BCUT2D eigenvalue weighted by molar-refractivity contribution is -0.134. The van der Waals surface area contributed by atoms with Crippen molar-refractivity contribution >= 4 is 17.6 Å². The van der Waals surface area contributed by atoms with Gasteiger partial charge in [0, 0.05) is 25.6 Å². The summed E-state index contributed by atoms with van der Waals surface area (Å²) < 4.78 is 0. The van der Waals surface area contributed by atoms with E-state index >= 15 is 0 Å². The van der Waals surface area contributed by atoms with Crippen LogP contribution in [0, 0.1) is 0 Å². The van der Waals surface area contributed by atoms with Gasteiger partial charge in [-0.1, -0.05) is 0 Å². The zero-order valence-electron chi connectivity index (χ0n) is 9.59. The van der Waals surface area contributed by atoms with Gasteiger partial charge in [0.1, 0.15) is 5.75 Å². The molecule has 1 saturated heterocycles. The third-order valence-electron chi connectivity index (χ3n) is 2.23. The number of hydrogen-bond donors (Lipinski definition) is 2. The smallest absolute Gasteiger partial charge is 0.300 e. The number of hydrogen-bond acceptors (Lipinski definition) is 3. The third-order valence-corrected chi connectivity index (χ3v) is 2.23. The molecule has 0 saturated carbocycles. The zero-order chi connectivity index (χ0) is 12.8. The highest BCUT2D eigenvalue weighted by Crippen LogP contribution is 2.22. The van der Waals surface area contributed by atoms with Crippen molar-refractivity contribution in [2.24, 2.45) is 0 Å². The van der Waals surface area contributed by atoms with Gasteiger partial charge in [-0.3, -0.25) is 9.59 Å². The van der Waals surface area contributed by atoms with Gasteiger partial charge in [-0.05, 0) is 30.7 Å². The Morgan fingerprint density at radius 3 is 2.24 bits per heavy atom. The summed E-state index contributed by atoms with van der Waals surface area (Å²) in [6, 6.07) is 6.72. The maximum Gasteiger partial charge on any atom is 0.300 e. The molecule has 2 rings (SSSR count). The number of phenols is 1. The lowest BCUT2D eigenvalue weighted by Crippen LogP contribution is -2.23. The summed E-state index contributed by atoms with van der Waals surface area (Å²) in [5, 5.41) is 16.5. The molecular weight excluding hydrogens is 222 g/mol. The number of phenolic OH excluding ortho intramolecular Hbond substituents is 1. The van der Waals surface area contributed by atoms with Crippen molar-refractivity contribution in [3.63, 3.8) is 0 Å². The highest BCUT2D eigenvalue weighted by molar-refractivity contribution is 5.95. The van der Waals surface area contributed by atoms with Crippen LogP contribution in [0.1, 0.15) is 19.8 Å². The molecule has 1 aromatic rings. The van der Waals surface area contributed by atoms with Gasteiger partial charge in [0.2, 0.25) is 5.91 Å². The molecule has 1 amide bonds. The van der Waals surface area contributed by atoms with Crippen LogP contribution in [0.4, 0.5) is 5.69 Å². The van der Waals surface area contributed by atoms with Crippen molar-refractivity contribution in [3.05, 3.63) is 24.3 Å². The van der Waals surface area contributed by atoms with Gasteiger partial charge in [0.25, 0.3) is 5.97 Å². The number of carbonyl (C=O) groups is 2. The number of rotatable bonds is 1.